The molecule has 1 aromatic rings. The number of amides is 1. The van der Waals surface area contributed by atoms with Crippen molar-refractivity contribution in [2.75, 3.05) is 18.1 Å². The lowest BCUT2D eigenvalue weighted by molar-refractivity contribution is -0.129. The number of piperidine rings is 1. The molecule has 1 fully saturated rings. The van der Waals surface area contributed by atoms with Gasteiger partial charge in [-0.1, -0.05) is 12.1 Å². The molecule has 0 aromatic heterocycles. The molecule has 104 valence electrons. The molecule has 2 rings (SSSR count). The molecular weight excluding hydrogens is 240 g/mol. The molecule has 1 aliphatic heterocycles. The highest BCUT2D eigenvalue weighted by molar-refractivity contribution is 5.99. The number of carbonyl (C=O) groups excluding carboxylic acids is 1. The van der Waals surface area contributed by atoms with Gasteiger partial charge in [0.15, 0.2) is 0 Å². The van der Waals surface area contributed by atoms with E-state index >= 15 is 0 Å². The van der Waals surface area contributed by atoms with Crippen LogP contribution in [0.4, 0.5) is 5.69 Å². The Hall–Kier alpha value is -1.55. The number of benzene rings is 1. The van der Waals surface area contributed by atoms with E-state index in [9.17, 15) is 4.79 Å². The van der Waals surface area contributed by atoms with Gasteiger partial charge in [-0.2, -0.15) is 0 Å². The summed E-state index contributed by atoms with van der Waals surface area (Å²) in [6.45, 7) is 7.00. The summed E-state index contributed by atoms with van der Waals surface area (Å²) in [4.78, 5) is 14.4. The van der Waals surface area contributed by atoms with Gasteiger partial charge in [0.25, 0.3) is 0 Å². The first kappa shape index (κ1) is 13.9. The third kappa shape index (κ3) is 2.45. The van der Waals surface area contributed by atoms with Crippen molar-refractivity contribution in [2.24, 2.45) is 11.1 Å². The molecule has 4 nitrogen and oxygen atoms in total. The maximum absolute atomic E-state index is 12.6. The van der Waals surface area contributed by atoms with Crippen molar-refractivity contribution in [3.05, 3.63) is 24.3 Å². The second-order valence-corrected chi connectivity index (χ2v) is 5.47. The fourth-order valence-electron chi connectivity index (χ4n) is 2.42. The minimum atomic E-state index is -0.530. The molecule has 1 amide bonds. The van der Waals surface area contributed by atoms with Crippen LogP contribution in [0.15, 0.2) is 24.3 Å². The number of carbonyl (C=O) groups is 1. The van der Waals surface area contributed by atoms with Crippen molar-refractivity contribution in [3.8, 4) is 5.75 Å². The molecule has 2 N–H and O–H groups in total. The van der Waals surface area contributed by atoms with Crippen LogP contribution in [0.2, 0.25) is 0 Å². The molecule has 1 aliphatic rings. The Morgan fingerprint density at radius 3 is 2.79 bits per heavy atom. The summed E-state index contributed by atoms with van der Waals surface area (Å²) in [5.74, 6) is 0.822. The highest BCUT2D eigenvalue weighted by Gasteiger charge is 2.42. The second kappa shape index (κ2) is 5.21. The van der Waals surface area contributed by atoms with Crippen LogP contribution < -0.4 is 15.4 Å². The van der Waals surface area contributed by atoms with E-state index in [0.29, 0.717) is 13.2 Å². The summed E-state index contributed by atoms with van der Waals surface area (Å²) in [5, 5.41) is 0. The Labute approximate surface area is 114 Å². The van der Waals surface area contributed by atoms with Gasteiger partial charge in [-0.05, 0) is 39.3 Å². The van der Waals surface area contributed by atoms with Crippen LogP contribution in [-0.4, -0.2) is 25.1 Å². The van der Waals surface area contributed by atoms with E-state index in [-0.39, 0.29) is 11.9 Å². The first-order valence-electron chi connectivity index (χ1n) is 6.78. The quantitative estimate of drug-likeness (QED) is 0.908. The molecular formula is C15H22N2O2. The molecule has 0 aliphatic carbocycles. The van der Waals surface area contributed by atoms with Crippen LogP contribution in [0.25, 0.3) is 0 Å². The molecule has 1 saturated heterocycles. The van der Waals surface area contributed by atoms with Crippen LogP contribution in [0.5, 0.6) is 5.75 Å². The summed E-state index contributed by atoms with van der Waals surface area (Å²) in [5.41, 5.74) is 6.37. The summed E-state index contributed by atoms with van der Waals surface area (Å²) >= 11 is 0. The van der Waals surface area contributed by atoms with Gasteiger partial charge in [-0.15, -0.1) is 0 Å². The van der Waals surface area contributed by atoms with Crippen LogP contribution in [0.3, 0.4) is 0 Å². The number of ether oxygens (including phenoxy) is 1. The zero-order valence-electron chi connectivity index (χ0n) is 11.8. The minimum absolute atomic E-state index is 0.0680. The number of nitrogens with two attached hydrogens (primary N) is 1. The summed E-state index contributed by atoms with van der Waals surface area (Å²) < 4.78 is 5.61. The van der Waals surface area contributed by atoms with Crippen molar-refractivity contribution in [3.63, 3.8) is 0 Å². The Bertz CT molecular complexity index is 471. The Kier molecular flexibility index (Phi) is 3.80. The molecule has 1 unspecified atom stereocenters. The highest BCUT2D eigenvalue weighted by atomic mass is 16.5. The minimum Gasteiger partial charge on any atom is -0.492 e. The lowest BCUT2D eigenvalue weighted by atomic mass is 9.78. The molecule has 4 heteroatoms. The second-order valence-electron chi connectivity index (χ2n) is 5.47. The van der Waals surface area contributed by atoms with Gasteiger partial charge in [0.1, 0.15) is 5.75 Å². The van der Waals surface area contributed by atoms with Crippen molar-refractivity contribution in [1.82, 2.24) is 0 Å². The van der Waals surface area contributed by atoms with E-state index in [1.807, 2.05) is 45.0 Å². The SMILES string of the molecule is CCOc1ccccc1N1CCC(N)C(C)(C)C1=O. The van der Waals surface area contributed by atoms with Gasteiger partial charge >= 0.3 is 0 Å². The first-order valence-corrected chi connectivity index (χ1v) is 6.78. The number of rotatable bonds is 3. The average Bonchev–Trinajstić information content (AvgIpc) is 2.39. The zero-order chi connectivity index (χ0) is 14.0. The zero-order valence-corrected chi connectivity index (χ0v) is 11.8. The highest BCUT2D eigenvalue weighted by Crippen LogP contribution is 2.36. The van der Waals surface area contributed by atoms with E-state index in [1.165, 1.54) is 0 Å². The van der Waals surface area contributed by atoms with Gasteiger partial charge in [0.2, 0.25) is 5.91 Å². The smallest absolute Gasteiger partial charge is 0.234 e. The van der Waals surface area contributed by atoms with E-state index in [0.717, 1.165) is 17.9 Å². The van der Waals surface area contributed by atoms with Crippen LogP contribution in [0, 0.1) is 5.41 Å². The van der Waals surface area contributed by atoms with Crippen molar-refractivity contribution < 1.29 is 9.53 Å². The number of anilines is 1. The van der Waals surface area contributed by atoms with Gasteiger partial charge < -0.3 is 15.4 Å². The van der Waals surface area contributed by atoms with Crippen LogP contribution >= 0.6 is 0 Å². The number of para-hydroxylation sites is 2. The van der Waals surface area contributed by atoms with Crippen molar-refractivity contribution in [1.29, 1.82) is 0 Å². The van der Waals surface area contributed by atoms with Crippen molar-refractivity contribution in [2.45, 2.75) is 33.2 Å². The van der Waals surface area contributed by atoms with Crippen LogP contribution in [0.1, 0.15) is 27.2 Å². The Balaban J connectivity index is 2.35. The normalized spacial score (nSPS) is 22.4. The van der Waals surface area contributed by atoms with E-state index in [1.54, 1.807) is 4.90 Å². The molecule has 0 radical (unpaired) electrons. The molecule has 0 saturated carbocycles. The molecule has 0 spiro atoms. The van der Waals surface area contributed by atoms with Crippen LogP contribution in [-0.2, 0) is 4.79 Å². The fraction of sp³-hybridized carbons (Fsp3) is 0.533. The largest absolute Gasteiger partial charge is 0.492 e. The Morgan fingerprint density at radius 1 is 1.42 bits per heavy atom. The number of nitrogens with zero attached hydrogens (tertiary/aromatic N) is 1. The van der Waals surface area contributed by atoms with E-state index in [4.69, 9.17) is 10.5 Å². The van der Waals surface area contributed by atoms with Gasteiger partial charge in [0, 0.05) is 12.6 Å². The summed E-state index contributed by atoms with van der Waals surface area (Å²) in [6.07, 6.45) is 0.805. The fourth-order valence-corrected chi connectivity index (χ4v) is 2.42. The Morgan fingerprint density at radius 2 is 2.11 bits per heavy atom. The lowest BCUT2D eigenvalue weighted by Crippen LogP contribution is -2.56. The van der Waals surface area contributed by atoms with Gasteiger partial charge in [0.05, 0.1) is 17.7 Å². The topological polar surface area (TPSA) is 55.6 Å². The third-order valence-corrected chi connectivity index (χ3v) is 3.84. The molecule has 1 aromatic carbocycles. The van der Waals surface area contributed by atoms with Crippen molar-refractivity contribution >= 4 is 11.6 Å². The molecule has 1 heterocycles. The summed E-state index contributed by atoms with van der Waals surface area (Å²) in [6, 6.07) is 7.58. The van der Waals surface area contributed by atoms with E-state index < -0.39 is 5.41 Å². The molecule has 0 bridgehead atoms. The lowest BCUT2D eigenvalue weighted by Gasteiger charge is -2.41. The first-order chi connectivity index (χ1) is 8.98. The maximum Gasteiger partial charge on any atom is 0.234 e. The van der Waals surface area contributed by atoms with Gasteiger partial charge in [-0.3, -0.25) is 4.79 Å². The average molecular weight is 262 g/mol. The number of hydrogen-bond donors (Lipinski definition) is 1. The standard InChI is InChI=1S/C15H22N2O2/c1-4-19-12-8-6-5-7-11(12)17-10-9-13(16)15(2,3)14(17)18/h5-8,13H,4,9-10,16H2,1-3H3. The van der Waals surface area contributed by atoms with Gasteiger partial charge in [-0.25, -0.2) is 0 Å². The monoisotopic (exact) mass is 262 g/mol. The maximum atomic E-state index is 12.6. The molecule has 1 atom stereocenters. The third-order valence-electron chi connectivity index (χ3n) is 3.84. The molecule has 19 heavy (non-hydrogen) atoms. The predicted octanol–water partition coefficient (Wildman–Crippen LogP) is 2.18. The summed E-state index contributed by atoms with van der Waals surface area (Å²) in [7, 11) is 0. The predicted molar refractivity (Wildman–Crippen MR) is 76.3 cm³/mol. The van der Waals surface area contributed by atoms with E-state index in [2.05, 4.69) is 0 Å². The number of hydrogen-bond acceptors (Lipinski definition) is 3.